The average Bonchev–Trinajstić information content (AvgIpc) is 3.61. The molecule has 2 aliphatic heterocycles. The first-order chi connectivity index (χ1) is 19.8. The number of ether oxygens (including phenoxy) is 2. The molecule has 1 amide bonds. The molecule has 0 N–H and O–H groups in total. The van der Waals surface area contributed by atoms with E-state index in [2.05, 4.69) is 30.0 Å². The molecule has 5 rings (SSSR count). The number of amides is 1. The summed E-state index contributed by atoms with van der Waals surface area (Å²) in [5.74, 6) is 1.03. The van der Waals surface area contributed by atoms with E-state index in [1.165, 1.54) is 35.4 Å². The predicted octanol–water partition coefficient (Wildman–Crippen LogP) is 4.03. The molecule has 9 heteroatoms. The van der Waals surface area contributed by atoms with Gasteiger partial charge in [0.1, 0.15) is 17.5 Å². The van der Waals surface area contributed by atoms with Crippen LogP contribution in [0.1, 0.15) is 56.3 Å². The standard InChI is InChI=1S/C32H38N4O4S/c1-7-34(8-2)31(38)28-21(4)33-32-36(29(28)24-19-23(39-5)12-14-26(24)40-6)30(37)27(41-32)18-22-11-13-25(20(3)17-22)35-15-9-10-16-35/h11-14,17-19,29H,7-10,15-16H2,1-6H3/b27-18-/t29-/m1/s1. The molecule has 0 bridgehead atoms. The van der Waals surface area contributed by atoms with Crippen molar-refractivity contribution in [3.8, 4) is 11.5 Å². The van der Waals surface area contributed by atoms with Crippen molar-refractivity contribution in [3.63, 3.8) is 0 Å². The summed E-state index contributed by atoms with van der Waals surface area (Å²) in [6, 6.07) is 11.1. The van der Waals surface area contributed by atoms with Crippen LogP contribution in [0.3, 0.4) is 0 Å². The number of hydrogen-bond acceptors (Lipinski definition) is 7. The Labute approximate surface area is 244 Å². The number of aryl methyl sites for hydroxylation is 1. The molecule has 2 aromatic carbocycles. The molecule has 2 aliphatic rings. The van der Waals surface area contributed by atoms with Gasteiger partial charge in [-0.15, -0.1) is 0 Å². The zero-order valence-electron chi connectivity index (χ0n) is 24.7. The van der Waals surface area contributed by atoms with Gasteiger partial charge in [-0.25, -0.2) is 4.99 Å². The third kappa shape index (κ3) is 5.30. The Kier molecular flexibility index (Phi) is 8.35. The zero-order valence-corrected chi connectivity index (χ0v) is 25.5. The van der Waals surface area contributed by atoms with E-state index in [0.717, 1.165) is 18.7 Å². The second kappa shape index (κ2) is 11.9. The van der Waals surface area contributed by atoms with Gasteiger partial charge in [0.15, 0.2) is 4.80 Å². The lowest BCUT2D eigenvalue weighted by Gasteiger charge is -2.30. The molecule has 1 atom stereocenters. The van der Waals surface area contributed by atoms with Crippen molar-refractivity contribution < 1.29 is 14.3 Å². The van der Waals surface area contributed by atoms with Crippen molar-refractivity contribution in [2.75, 3.05) is 45.3 Å². The summed E-state index contributed by atoms with van der Waals surface area (Å²) in [6.07, 6.45) is 4.37. The van der Waals surface area contributed by atoms with E-state index in [4.69, 9.17) is 14.5 Å². The minimum absolute atomic E-state index is 0.145. The summed E-state index contributed by atoms with van der Waals surface area (Å²) in [5, 5.41) is 0. The summed E-state index contributed by atoms with van der Waals surface area (Å²) in [6.45, 7) is 11.1. The van der Waals surface area contributed by atoms with Crippen LogP contribution in [-0.2, 0) is 4.79 Å². The predicted molar refractivity (Wildman–Crippen MR) is 164 cm³/mol. The fourth-order valence-corrected chi connectivity index (χ4v) is 6.90. The highest BCUT2D eigenvalue weighted by Crippen LogP contribution is 2.38. The van der Waals surface area contributed by atoms with Gasteiger partial charge in [0.25, 0.3) is 11.5 Å². The third-order valence-electron chi connectivity index (χ3n) is 8.00. The lowest BCUT2D eigenvalue weighted by atomic mass is 9.93. The minimum Gasteiger partial charge on any atom is -0.497 e. The maximum atomic E-state index is 14.2. The van der Waals surface area contributed by atoms with Crippen LogP contribution < -0.4 is 29.3 Å². The Morgan fingerprint density at radius 3 is 2.44 bits per heavy atom. The Bertz CT molecular complexity index is 1680. The maximum absolute atomic E-state index is 14.2. The summed E-state index contributed by atoms with van der Waals surface area (Å²) in [7, 11) is 3.18. The number of rotatable bonds is 8. The van der Waals surface area contributed by atoms with Crippen molar-refractivity contribution in [2.45, 2.75) is 46.6 Å². The Balaban J connectivity index is 1.69. The first kappa shape index (κ1) is 28.7. The molecule has 216 valence electrons. The van der Waals surface area contributed by atoms with Crippen LogP contribution in [0.25, 0.3) is 6.08 Å². The molecule has 1 saturated heterocycles. The Morgan fingerprint density at radius 1 is 1.07 bits per heavy atom. The quantitative estimate of drug-likeness (QED) is 0.406. The van der Waals surface area contributed by atoms with Crippen LogP contribution in [-0.4, -0.2) is 55.8 Å². The number of fused-ring (bicyclic) bond motifs is 1. The van der Waals surface area contributed by atoms with Crippen LogP contribution >= 0.6 is 11.3 Å². The molecular formula is C32H38N4O4S. The van der Waals surface area contributed by atoms with E-state index >= 15 is 0 Å². The number of anilines is 1. The fourth-order valence-electron chi connectivity index (χ4n) is 5.86. The van der Waals surface area contributed by atoms with Crippen LogP contribution in [0.4, 0.5) is 5.69 Å². The number of allylic oxidation sites excluding steroid dienone is 1. The van der Waals surface area contributed by atoms with Crippen LogP contribution in [0, 0.1) is 6.92 Å². The SMILES string of the molecule is CCN(CC)C(=O)C1=C(C)N=c2s/c(=C\c3ccc(N4CCCC4)c(C)c3)c(=O)n2[C@@H]1c1cc(OC)ccc1OC. The molecule has 0 spiro atoms. The number of nitrogens with zero attached hydrogens (tertiary/aromatic N) is 4. The average molecular weight is 575 g/mol. The molecule has 8 nitrogen and oxygen atoms in total. The van der Waals surface area contributed by atoms with Crippen LogP contribution in [0.15, 0.2) is 57.5 Å². The largest absolute Gasteiger partial charge is 0.497 e. The highest BCUT2D eigenvalue weighted by molar-refractivity contribution is 7.07. The minimum atomic E-state index is -0.717. The van der Waals surface area contributed by atoms with Gasteiger partial charge in [0.05, 0.1) is 30.0 Å². The smallest absolute Gasteiger partial charge is 0.271 e. The van der Waals surface area contributed by atoms with E-state index in [1.807, 2.05) is 45.0 Å². The highest BCUT2D eigenvalue weighted by Gasteiger charge is 2.36. The molecule has 1 aromatic heterocycles. The summed E-state index contributed by atoms with van der Waals surface area (Å²) < 4.78 is 13.5. The van der Waals surface area contributed by atoms with Crippen molar-refractivity contribution in [3.05, 3.63) is 84.0 Å². The van der Waals surface area contributed by atoms with E-state index in [9.17, 15) is 9.59 Å². The fraction of sp³-hybridized carbons (Fsp3) is 0.406. The molecule has 0 radical (unpaired) electrons. The molecule has 3 heterocycles. The van der Waals surface area contributed by atoms with Gasteiger partial charge >= 0.3 is 0 Å². The zero-order chi connectivity index (χ0) is 29.3. The maximum Gasteiger partial charge on any atom is 0.271 e. The van der Waals surface area contributed by atoms with Gasteiger partial charge in [-0.3, -0.25) is 14.2 Å². The molecule has 41 heavy (non-hydrogen) atoms. The number of likely N-dealkylation sites (N-methyl/N-ethyl adjacent to an activating group) is 1. The summed E-state index contributed by atoms with van der Waals surface area (Å²) >= 11 is 1.34. The number of carbonyl (C=O) groups is 1. The van der Waals surface area contributed by atoms with Crippen molar-refractivity contribution in [1.82, 2.24) is 9.47 Å². The molecule has 3 aromatic rings. The van der Waals surface area contributed by atoms with Crippen molar-refractivity contribution in [1.29, 1.82) is 0 Å². The second-order valence-electron chi connectivity index (χ2n) is 10.4. The van der Waals surface area contributed by atoms with E-state index in [0.29, 0.717) is 50.8 Å². The molecule has 0 unspecified atom stereocenters. The Morgan fingerprint density at radius 2 is 1.80 bits per heavy atom. The Hall–Kier alpha value is -3.85. The monoisotopic (exact) mass is 574 g/mol. The lowest BCUT2D eigenvalue weighted by Crippen LogP contribution is -2.43. The van der Waals surface area contributed by atoms with E-state index in [1.54, 1.807) is 23.7 Å². The topological polar surface area (TPSA) is 76.4 Å². The molecule has 1 fully saturated rings. The number of hydrogen-bond donors (Lipinski definition) is 0. The summed E-state index contributed by atoms with van der Waals surface area (Å²) in [4.78, 5) is 37.6. The first-order valence-electron chi connectivity index (χ1n) is 14.2. The normalized spacial score (nSPS) is 17.0. The second-order valence-corrected chi connectivity index (χ2v) is 11.4. The van der Waals surface area contributed by atoms with Gasteiger partial charge in [0.2, 0.25) is 0 Å². The first-order valence-corrected chi connectivity index (χ1v) is 15.0. The van der Waals surface area contributed by atoms with E-state index in [-0.39, 0.29) is 11.5 Å². The number of thiazole rings is 1. The molecule has 0 saturated carbocycles. The van der Waals surface area contributed by atoms with Crippen molar-refractivity contribution >= 4 is 29.0 Å². The molecular weight excluding hydrogens is 536 g/mol. The van der Waals surface area contributed by atoms with Gasteiger partial charge < -0.3 is 19.3 Å². The number of aromatic nitrogens is 1. The van der Waals surface area contributed by atoms with Gasteiger partial charge in [-0.1, -0.05) is 17.4 Å². The van der Waals surface area contributed by atoms with Gasteiger partial charge in [-0.2, -0.15) is 0 Å². The highest BCUT2D eigenvalue weighted by atomic mass is 32.1. The lowest BCUT2D eigenvalue weighted by molar-refractivity contribution is -0.127. The van der Waals surface area contributed by atoms with Crippen LogP contribution in [0.5, 0.6) is 11.5 Å². The molecule has 0 aliphatic carbocycles. The van der Waals surface area contributed by atoms with E-state index < -0.39 is 6.04 Å². The van der Waals surface area contributed by atoms with Crippen LogP contribution in [0.2, 0.25) is 0 Å². The van der Waals surface area contributed by atoms with Crippen molar-refractivity contribution in [2.24, 2.45) is 4.99 Å². The number of carbonyl (C=O) groups excluding carboxylic acids is 1. The summed E-state index contributed by atoms with van der Waals surface area (Å²) in [5.41, 5.74) is 4.94. The van der Waals surface area contributed by atoms with Gasteiger partial charge in [0, 0.05) is 37.4 Å². The van der Waals surface area contributed by atoms with Gasteiger partial charge in [-0.05, 0) is 88.1 Å². The number of methoxy groups -OCH3 is 2. The number of benzene rings is 2. The third-order valence-corrected chi connectivity index (χ3v) is 8.98.